The van der Waals surface area contributed by atoms with Crippen molar-refractivity contribution in [2.45, 2.75) is 69.2 Å². The maximum Gasteiger partial charge on any atom is 0.534 e. The largest absolute Gasteiger partial charge is 0.534 e. The summed E-state index contributed by atoms with van der Waals surface area (Å²) in [6, 6.07) is 5.91. The Hall–Kier alpha value is -1.54. The van der Waals surface area contributed by atoms with Crippen LogP contribution in [0.1, 0.15) is 63.9 Å². The third-order valence-electron chi connectivity index (χ3n) is 6.89. The van der Waals surface area contributed by atoms with E-state index in [2.05, 4.69) is 15.7 Å². The smallest absolute Gasteiger partial charge is 0.376 e. The van der Waals surface area contributed by atoms with E-state index in [4.69, 9.17) is 0 Å². The van der Waals surface area contributed by atoms with Gasteiger partial charge in [-0.1, -0.05) is 63.3 Å². The first-order valence-corrected chi connectivity index (χ1v) is 12.4. The van der Waals surface area contributed by atoms with Crippen molar-refractivity contribution in [3.63, 3.8) is 0 Å². The lowest BCUT2D eigenvalue weighted by Gasteiger charge is -2.42. The van der Waals surface area contributed by atoms with Gasteiger partial charge in [-0.2, -0.15) is 21.6 Å². The molecule has 4 nitrogen and oxygen atoms in total. The molecule has 0 unspecified atom stereocenters. The van der Waals surface area contributed by atoms with E-state index in [0.717, 1.165) is 37.5 Å². The first kappa shape index (κ1) is 24.1. The minimum Gasteiger partial charge on any atom is -0.376 e. The van der Waals surface area contributed by atoms with Gasteiger partial charge in [-0.25, -0.2) is 0 Å². The molecule has 31 heavy (non-hydrogen) atoms. The number of halogens is 3. The van der Waals surface area contributed by atoms with E-state index in [1.165, 1.54) is 63.1 Å². The van der Waals surface area contributed by atoms with Gasteiger partial charge >= 0.3 is 15.6 Å². The zero-order valence-electron chi connectivity index (χ0n) is 18.1. The van der Waals surface area contributed by atoms with Crippen LogP contribution in [0.2, 0.25) is 0 Å². The summed E-state index contributed by atoms with van der Waals surface area (Å²) < 4.78 is 64.9. The molecule has 1 aromatic rings. The Balaban J connectivity index is 1.60. The van der Waals surface area contributed by atoms with Crippen molar-refractivity contribution in [3.8, 4) is 5.75 Å². The van der Waals surface area contributed by atoms with E-state index in [9.17, 15) is 21.6 Å². The highest BCUT2D eigenvalue weighted by molar-refractivity contribution is 7.88. The number of likely N-dealkylation sites (tertiary alicyclic amines) is 1. The number of nitrogens with zero attached hydrogens (tertiary/aromatic N) is 1. The normalized spacial score (nSPS) is 24.3. The van der Waals surface area contributed by atoms with E-state index < -0.39 is 21.0 Å². The second-order valence-electron chi connectivity index (χ2n) is 9.12. The Morgan fingerprint density at radius 2 is 1.94 bits per heavy atom. The van der Waals surface area contributed by atoms with Crippen molar-refractivity contribution in [1.82, 2.24) is 4.90 Å². The van der Waals surface area contributed by atoms with Crippen molar-refractivity contribution >= 4 is 10.1 Å². The topological polar surface area (TPSA) is 46.6 Å². The van der Waals surface area contributed by atoms with Crippen LogP contribution in [0.25, 0.3) is 0 Å². The molecule has 1 aliphatic carbocycles. The van der Waals surface area contributed by atoms with Gasteiger partial charge in [-0.05, 0) is 56.0 Å². The lowest BCUT2D eigenvalue weighted by atomic mass is 9.71. The van der Waals surface area contributed by atoms with Gasteiger partial charge in [0.15, 0.2) is 0 Å². The molecule has 0 bridgehead atoms. The highest BCUT2D eigenvalue weighted by Crippen LogP contribution is 2.40. The number of alkyl halides is 3. The monoisotopic (exact) mass is 459 g/mol. The highest BCUT2D eigenvalue weighted by Gasteiger charge is 2.48. The number of benzene rings is 1. The maximum atomic E-state index is 12.6. The Bertz CT molecular complexity index is 878. The van der Waals surface area contributed by atoms with Gasteiger partial charge in [0.05, 0.1) is 0 Å². The fourth-order valence-corrected chi connectivity index (χ4v) is 5.22. The van der Waals surface area contributed by atoms with Gasteiger partial charge in [0.25, 0.3) is 0 Å². The van der Waals surface area contributed by atoms with Crippen LogP contribution < -0.4 is 4.18 Å². The molecule has 1 aromatic carbocycles. The predicted octanol–water partition coefficient (Wildman–Crippen LogP) is 5.80. The van der Waals surface area contributed by atoms with Crippen molar-refractivity contribution in [2.75, 3.05) is 19.6 Å². The first-order chi connectivity index (χ1) is 14.5. The average molecular weight is 460 g/mol. The van der Waals surface area contributed by atoms with Crippen molar-refractivity contribution < 1.29 is 25.8 Å². The molecule has 1 aliphatic heterocycles. The van der Waals surface area contributed by atoms with Crippen molar-refractivity contribution in [3.05, 3.63) is 42.0 Å². The molecular formula is C23H32F3NO3S. The van der Waals surface area contributed by atoms with Crippen LogP contribution in [0, 0.1) is 5.92 Å². The van der Waals surface area contributed by atoms with Gasteiger partial charge in [0.2, 0.25) is 0 Å². The number of piperidine rings is 1. The Kier molecular flexibility index (Phi) is 7.41. The van der Waals surface area contributed by atoms with E-state index in [-0.39, 0.29) is 5.75 Å². The Morgan fingerprint density at radius 3 is 2.58 bits per heavy atom. The second kappa shape index (κ2) is 9.53. The molecule has 174 valence electrons. The van der Waals surface area contributed by atoms with Gasteiger partial charge in [0.1, 0.15) is 5.75 Å². The molecule has 0 aromatic heterocycles. The van der Waals surface area contributed by atoms with E-state index in [0.29, 0.717) is 5.56 Å². The van der Waals surface area contributed by atoms with Crippen LogP contribution in [0.15, 0.2) is 36.4 Å². The highest BCUT2D eigenvalue weighted by atomic mass is 32.2. The predicted molar refractivity (Wildman–Crippen MR) is 115 cm³/mol. The van der Waals surface area contributed by atoms with Gasteiger partial charge in [-0.3, -0.25) is 4.90 Å². The molecule has 2 aliphatic rings. The third-order valence-corrected chi connectivity index (χ3v) is 7.87. The molecule has 0 amide bonds. The fraction of sp³-hybridized carbons (Fsp3) is 0.652. The molecule has 0 spiro atoms. The number of rotatable bonds is 7. The molecule has 0 radical (unpaired) electrons. The first-order valence-electron chi connectivity index (χ1n) is 11.0. The quantitative estimate of drug-likeness (QED) is 0.294. The lowest BCUT2D eigenvalue weighted by molar-refractivity contribution is -0.0500. The molecule has 0 N–H and O–H groups in total. The summed E-state index contributed by atoms with van der Waals surface area (Å²) >= 11 is 0. The van der Waals surface area contributed by atoms with E-state index in [1.807, 2.05) is 6.92 Å². The number of hydrogen-bond donors (Lipinski definition) is 0. The van der Waals surface area contributed by atoms with Crippen LogP contribution in [-0.4, -0.2) is 38.5 Å². The maximum absolute atomic E-state index is 12.6. The molecule has 1 saturated carbocycles. The van der Waals surface area contributed by atoms with Crippen LogP contribution in [-0.2, 0) is 15.5 Å². The van der Waals surface area contributed by atoms with Crippen LogP contribution in [0.5, 0.6) is 5.75 Å². The van der Waals surface area contributed by atoms with Gasteiger partial charge < -0.3 is 4.18 Å². The molecule has 1 atom stereocenters. The summed E-state index contributed by atoms with van der Waals surface area (Å²) in [5.41, 5.74) is -4.21. The SMILES string of the molecule is C=C1CN(CCCC2CCCCC2)CC[C@@]1(C)c1cccc(OS(=O)(=O)C(F)(F)F)c1. The van der Waals surface area contributed by atoms with Crippen molar-refractivity contribution in [2.24, 2.45) is 5.92 Å². The Morgan fingerprint density at radius 1 is 1.23 bits per heavy atom. The summed E-state index contributed by atoms with van der Waals surface area (Å²) in [5, 5.41) is 0. The zero-order chi connectivity index (χ0) is 22.7. The van der Waals surface area contributed by atoms with Gasteiger partial charge in [-0.15, -0.1) is 0 Å². The number of hydrogen-bond acceptors (Lipinski definition) is 4. The second-order valence-corrected chi connectivity index (χ2v) is 10.7. The van der Waals surface area contributed by atoms with E-state index >= 15 is 0 Å². The summed E-state index contributed by atoms with van der Waals surface area (Å²) in [7, 11) is -5.69. The molecule has 1 heterocycles. The zero-order valence-corrected chi connectivity index (χ0v) is 18.9. The third kappa shape index (κ3) is 5.83. The summed E-state index contributed by atoms with van der Waals surface area (Å²) in [5.74, 6) is 0.529. The minimum atomic E-state index is -5.69. The molecular weight excluding hydrogens is 427 g/mol. The average Bonchev–Trinajstić information content (AvgIpc) is 2.70. The lowest BCUT2D eigenvalue weighted by Crippen LogP contribution is -2.43. The van der Waals surface area contributed by atoms with Crippen LogP contribution in [0.3, 0.4) is 0 Å². The summed E-state index contributed by atoms with van der Waals surface area (Å²) in [6.07, 6.45) is 10.0. The standard InChI is InChI=1S/C23H32F3NO3S/c1-18-17-27(14-7-10-19-8-4-3-5-9-19)15-13-22(18,2)20-11-6-12-21(16-20)30-31(28,29)23(24,25)26/h6,11-12,16,19H,1,3-5,7-10,13-15,17H2,2H3/t22-/m1/s1. The van der Waals surface area contributed by atoms with Gasteiger partial charge in [0, 0.05) is 12.0 Å². The summed E-state index contributed by atoms with van der Waals surface area (Å²) in [6.45, 7) is 8.88. The molecule has 2 fully saturated rings. The van der Waals surface area contributed by atoms with Crippen LogP contribution >= 0.6 is 0 Å². The Labute approximate surface area is 183 Å². The van der Waals surface area contributed by atoms with Crippen LogP contribution in [0.4, 0.5) is 13.2 Å². The summed E-state index contributed by atoms with van der Waals surface area (Å²) in [4.78, 5) is 2.39. The molecule has 3 rings (SSSR count). The minimum absolute atomic E-state index is 0.334. The van der Waals surface area contributed by atoms with Crippen molar-refractivity contribution in [1.29, 1.82) is 0 Å². The fourth-order valence-electron chi connectivity index (χ4n) is 4.77. The molecule has 8 heteroatoms. The van der Waals surface area contributed by atoms with E-state index in [1.54, 1.807) is 6.07 Å². The molecule has 1 saturated heterocycles.